The van der Waals surface area contributed by atoms with E-state index in [1.807, 2.05) is 12.1 Å². The van der Waals surface area contributed by atoms with Crippen LogP contribution in [-0.2, 0) is 16.9 Å². The normalized spacial score (nSPS) is 20.2. The molecule has 2 aromatic heterocycles. The van der Waals surface area contributed by atoms with Crippen LogP contribution < -0.4 is 10.9 Å². The number of thiazole rings is 1. The summed E-state index contributed by atoms with van der Waals surface area (Å²) in [5.41, 5.74) is -1.21. The summed E-state index contributed by atoms with van der Waals surface area (Å²) < 4.78 is 47.5. The van der Waals surface area contributed by atoms with Gasteiger partial charge in [-0.2, -0.15) is 13.2 Å². The lowest BCUT2D eigenvalue weighted by atomic mass is 9.97. The minimum atomic E-state index is -4.90. The van der Waals surface area contributed by atoms with E-state index in [0.29, 0.717) is 59.3 Å². The molecule has 2 aliphatic heterocycles. The number of hydrogen-bond acceptors (Lipinski definition) is 8. The molecule has 2 aliphatic rings. The molecule has 9 nitrogen and oxygen atoms in total. The zero-order chi connectivity index (χ0) is 30.7. The largest absolute Gasteiger partial charge is 0.447 e. The molecule has 0 unspecified atom stereocenters. The Morgan fingerprint density at radius 3 is 2.67 bits per heavy atom. The number of halogens is 4. The van der Waals surface area contributed by atoms with E-state index in [1.54, 1.807) is 40.7 Å². The summed E-state index contributed by atoms with van der Waals surface area (Å²) in [4.78, 5) is 36.0. The first kappa shape index (κ1) is 29.4. The van der Waals surface area contributed by atoms with E-state index in [0.717, 1.165) is 23.1 Å². The number of fused-ring (bicyclic) bond motifs is 2. The number of nitrogens with zero attached hydrogens (tertiary/aromatic N) is 4. The highest BCUT2D eigenvalue weighted by Crippen LogP contribution is 2.44. The second-order valence-electron chi connectivity index (χ2n) is 11.0. The molecule has 1 amide bonds. The number of ether oxygens (including phenoxy) is 1. The van der Waals surface area contributed by atoms with Crippen molar-refractivity contribution in [1.82, 2.24) is 19.4 Å². The Kier molecular flexibility index (Phi) is 7.38. The highest BCUT2D eigenvalue weighted by Gasteiger charge is 2.52. The molecule has 2 aromatic carbocycles. The summed E-state index contributed by atoms with van der Waals surface area (Å²) in [7, 11) is 0. The van der Waals surface area contributed by atoms with Crippen LogP contribution in [-0.4, -0.2) is 62.0 Å². The van der Waals surface area contributed by atoms with Crippen LogP contribution in [0.15, 0.2) is 47.4 Å². The molecule has 6 rings (SSSR count). The molecular weight excluding hydrogens is 607 g/mol. The third-order valence-corrected chi connectivity index (χ3v) is 9.51. The van der Waals surface area contributed by atoms with Crippen LogP contribution in [0.3, 0.4) is 0 Å². The van der Waals surface area contributed by atoms with Crippen molar-refractivity contribution in [2.45, 2.75) is 57.1 Å². The molecule has 3 atom stereocenters. The minimum absolute atomic E-state index is 0.100. The molecule has 2 fully saturated rings. The second-order valence-corrected chi connectivity index (χ2v) is 12.4. The standard InChI is InChI=1S/C29H27ClF3N5O4S/c1-15-35-23-10-20(25-34-12-24(43-25)28(2,41)29(31,32)33)22(36-18-7-8-37-19(9-18)14-42-27(37)40)11-21(23)26(39)38(15)13-16-3-5-17(30)6-4-16/h3-6,10-12,18-19,36,41H,7-9,13-14H2,1-2H3/t18-,19-,28+/m0/s1. The van der Waals surface area contributed by atoms with E-state index in [9.17, 15) is 27.9 Å². The van der Waals surface area contributed by atoms with E-state index in [4.69, 9.17) is 16.3 Å². The lowest BCUT2D eigenvalue weighted by Crippen LogP contribution is -2.45. The van der Waals surface area contributed by atoms with Gasteiger partial charge in [0.15, 0.2) is 5.60 Å². The van der Waals surface area contributed by atoms with Crippen LogP contribution in [0.1, 0.15) is 36.0 Å². The summed E-state index contributed by atoms with van der Waals surface area (Å²) in [6, 6.07) is 10.2. The van der Waals surface area contributed by atoms with Gasteiger partial charge in [0.1, 0.15) is 17.4 Å². The Labute approximate surface area is 252 Å². The van der Waals surface area contributed by atoms with Crippen LogP contribution in [0, 0.1) is 6.92 Å². The van der Waals surface area contributed by atoms with Crippen molar-refractivity contribution >= 4 is 45.6 Å². The van der Waals surface area contributed by atoms with Crippen LogP contribution in [0.4, 0.5) is 23.7 Å². The Hall–Kier alpha value is -3.68. The van der Waals surface area contributed by atoms with Gasteiger partial charge in [0.2, 0.25) is 0 Å². The maximum atomic E-state index is 13.8. The maximum Gasteiger partial charge on any atom is 0.422 e. The molecule has 0 saturated carbocycles. The molecule has 4 aromatic rings. The van der Waals surface area contributed by atoms with Gasteiger partial charge < -0.3 is 20.1 Å². The fourth-order valence-electron chi connectivity index (χ4n) is 5.45. The number of carbonyl (C=O) groups is 1. The highest BCUT2D eigenvalue weighted by atomic mass is 35.5. The van der Waals surface area contributed by atoms with Gasteiger partial charge in [-0.15, -0.1) is 11.3 Å². The van der Waals surface area contributed by atoms with Gasteiger partial charge in [0, 0.05) is 35.1 Å². The minimum Gasteiger partial charge on any atom is -0.447 e. The molecule has 0 spiro atoms. The number of hydrogen-bond donors (Lipinski definition) is 2. The Morgan fingerprint density at radius 2 is 1.95 bits per heavy atom. The van der Waals surface area contributed by atoms with E-state index in [2.05, 4.69) is 15.3 Å². The van der Waals surface area contributed by atoms with Crippen molar-refractivity contribution in [3.8, 4) is 10.6 Å². The summed E-state index contributed by atoms with van der Waals surface area (Å²) in [5.74, 6) is 0.456. The van der Waals surface area contributed by atoms with Gasteiger partial charge in [-0.1, -0.05) is 23.7 Å². The van der Waals surface area contributed by atoms with E-state index in [-0.39, 0.29) is 46.8 Å². The molecule has 2 N–H and O–H groups in total. The number of aryl methyl sites for hydroxylation is 1. The van der Waals surface area contributed by atoms with Crippen molar-refractivity contribution in [3.05, 3.63) is 74.2 Å². The van der Waals surface area contributed by atoms with Crippen molar-refractivity contribution in [3.63, 3.8) is 0 Å². The Morgan fingerprint density at radius 1 is 1.21 bits per heavy atom. The van der Waals surface area contributed by atoms with Crippen LogP contribution in [0.25, 0.3) is 21.5 Å². The SMILES string of the molecule is Cc1nc2cc(-c3ncc([C@@](C)(O)C(F)(F)F)s3)c(N[C@H]3CCN4C(=O)OC[C@@H]4C3)cc2c(=O)n1Cc1ccc(Cl)cc1. The van der Waals surface area contributed by atoms with Gasteiger partial charge in [-0.3, -0.25) is 9.36 Å². The molecular formula is C29H27ClF3N5O4S. The fraction of sp³-hybridized carbons (Fsp3) is 0.379. The van der Waals surface area contributed by atoms with Crippen molar-refractivity contribution in [2.75, 3.05) is 18.5 Å². The number of alkyl halides is 3. The first-order valence-electron chi connectivity index (χ1n) is 13.6. The molecule has 226 valence electrons. The van der Waals surface area contributed by atoms with E-state index in [1.165, 1.54) is 0 Å². The van der Waals surface area contributed by atoms with Crippen molar-refractivity contribution in [1.29, 1.82) is 0 Å². The number of anilines is 1. The number of aromatic nitrogens is 3. The molecule has 0 radical (unpaired) electrons. The van der Waals surface area contributed by atoms with E-state index < -0.39 is 11.8 Å². The smallest absolute Gasteiger partial charge is 0.422 e. The molecule has 4 heterocycles. The number of nitrogens with one attached hydrogen (secondary N) is 1. The maximum absolute atomic E-state index is 13.8. The Balaban J connectivity index is 1.43. The summed E-state index contributed by atoms with van der Waals surface area (Å²) in [6.45, 7) is 3.43. The first-order chi connectivity index (χ1) is 20.3. The van der Waals surface area contributed by atoms with Crippen molar-refractivity contribution in [2.24, 2.45) is 0 Å². The molecule has 0 aliphatic carbocycles. The van der Waals surface area contributed by atoms with E-state index >= 15 is 0 Å². The summed E-state index contributed by atoms with van der Waals surface area (Å²) in [6.07, 6.45) is -3.04. The number of piperidine rings is 1. The highest BCUT2D eigenvalue weighted by molar-refractivity contribution is 7.15. The van der Waals surface area contributed by atoms with Gasteiger partial charge in [0.25, 0.3) is 5.56 Å². The van der Waals surface area contributed by atoms with Crippen LogP contribution in [0.5, 0.6) is 0 Å². The number of benzene rings is 2. The number of carbonyl (C=O) groups excluding carboxylic acids is 1. The third kappa shape index (κ3) is 5.45. The number of amides is 1. The molecule has 43 heavy (non-hydrogen) atoms. The van der Waals surface area contributed by atoms with Crippen LogP contribution >= 0.6 is 22.9 Å². The lowest BCUT2D eigenvalue weighted by molar-refractivity contribution is -0.257. The van der Waals surface area contributed by atoms with Gasteiger partial charge in [-0.05, 0) is 56.5 Å². The Bertz CT molecular complexity index is 1770. The number of aliphatic hydroxyl groups is 1. The third-order valence-electron chi connectivity index (χ3n) is 8.02. The summed E-state index contributed by atoms with van der Waals surface area (Å²) >= 11 is 6.73. The van der Waals surface area contributed by atoms with Gasteiger partial charge in [0.05, 0.1) is 28.4 Å². The molecule has 0 bridgehead atoms. The molecule has 14 heteroatoms. The average molecular weight is 634 g/mol. The van der Waals surface area contributed by atoms with Crippen LogP contribution in [0.2, 0.25) is 5.02 Å². The quantitative estimate of drug-likeness (QED) is 0.281. The topological polar surface area (TPSA) is 110 Å². The first-order valence-corrected chi connectivity index (χ1v) is 14.8. The zero-order valence-electron chi connectivity index (χ0n) is 23.1. The zero-order valence-corrected chi connectivity index (χ0v) is 24.7. The predicted molar refractivity (Wildman–Crippen MR) is 157 cm³/mol. The second kappa shape index (κ2) is 10.8. The van der Waals surface area contributed by atoms with Gasteiger partial charge in [-0.25, -0.2) is 14.8 Å². The molecule has 2 saturated heterocycles. The number of rotatable bonds is 6. The fourth-order valence-corrected chi connectivity index (χ4v) is 6.59. The summed E-state index contributed by atoms with van der Waals surface area (Å²) in [5, 5.41) is 14.8. The predicted octanol–water partition coefficient (Wildman–Crippen LogP) is 5.70. The van der Waals surface area contributed by atoms with Crippen molar-refractivity contribution < 1.29 is 27.8 Å². The number of cyclic esters (lactones) is 1. The monoisotopic (exact) mass is 633 g/mol. The lowest BCUT2D eigenvalue weighted by Gasteiger charge is -2.33. The average Bonchev–Trinajstić information content (AvgIpc) is 3.59. The van der Waals surface area contributed by atoms with Gasteiger partial charge >= 0.3 is 12.3 Å².